The zero-order chi connectivity index (χ0) is 25.9. The fraction of sp³-hybridized carbons (Fsp3) is 0.714. The minimum Gasteiger partial charge on any atom is -0.493 e. The maximum absolute atomic E-state index is 10.7. The van der Waals surface area contributed by atoms with E-state index in [4.69, 9.17) is 33.2 Å². The van der Waals surface area contributed by atoms with Gasteiger partial charge in [-0.15, -0.1) is 0 Å². The molecule has 1 aromatic rings. The summed E-state index contributed by atoms with van der Waals surface area (Å²) in [7, 11) is 4.20. The second-order valence-corrected chi connectivity index (χ2v) is 7.98. The van der Waals surface area contributed by atoms with Crippen LogP contribution in [0.2, 0.25) is 0 Å². The first-order valence-corrected chi connectivity index (χ1v) is 10.8. The summed E-state index contributed by atoms with van der Waals surface area (Å²) >= 11 is 0. The smallest absolute Gasteiger partial charge is 0.229 e. The van der Waals surface area contributed by atoms with E-state index in [1.165, 1.54) is 33.5 Å². The summed E-state index contributed by atoms with van der Waals surface area (Å²) in [6, 6.07) is 2.86. The van der Waals surface area contributed by atoms with E-state index in [1.807, 2.05) is 0 Å². The fourth-order valence-electron chi connectivity index (χ4n) is 3.89. The maximum atomic E-state index is 10.7. The molecule has 0 unspecified atom stereocenters. The van der Waals surface area contributed by atoms with Crippen LogP contribution in [0.4, 0.5) is 0 Å². The Bertz CT molecular complexity index is 796. The van der Waals surface area contributed by atoms with Crippen molar-refractivity contribution in [2.45, 2.75) is 61.4 Å². The molecule has 7 N–H and O–H groups in total. The van der Waals surface area contributed by atoms with Crippen molar-refractivity contribution in [3.8, 4) is 23.0 Å². The number of rotatable bonds is 9. The van der Waals surface area contributed by atoms with Gasteiger partial charge in [-0.2, -0.15) is 0 Å². The zero-order valence-corrected chi connectivity index (χ0v) is 19.3. The molecule has 35 heavy (non-hydrogen) atoms. The number of hydrogen-bond donors (Lipinski definition) is 7. The van der Waals surface area contributed by atoms with Crippen LogP contribution >= 0.6 is 0 Å². The van der Waals surface area contributed by atoms with Crippen molar-refractivity contribution in [3.63, 3.8) is 0 Å². The molecule has 200 valence electrons. The predicted molar refractivity (Wildman–Crippen MR) is 113 cm³/mol. The van der Waals surface area contributed by atoms with E-state index in [1.54, 1.807) is 0 Å². The SMILES string of the molecule is COc1cc(O[C@@H]2O[C@H](CO)[C@@H](O)[C@H](O)[C@H]2O[C@@H]2O[C@H](CO)[C@H](O)[C@H](O)[C@H]2O)cc(OC)c1OC. The summed E-state index contributed by atoms with van der Waals surface area (Å²) < 4.78 is 38.2. The lowest BCUT2D eigenvalue weighted by Crippen LogP contribution is -2.65. The molecule has 0 aromatic heterocycles. The van der Waals surface area contributed by atoms with Gasteiger partial charge >= 0.3 is 0 Å². The van der Waals surface area contributed by atoms with E-state index in [0.717, 1.165) is 0 Å². The third-order valence-corrected chi connectivity index (χ3v) is 5.85. The summed E-state index contributed by atoms with van der Waals surface area (Å²) in [5, 5.41) is 70.4. The van der Waals surface area contributed by atoms with Gasteiger partial charge in [-0.3, -0.25) is 0 Å². The van der Waals surface area contributed by atoms with Crippen molar-refractivity contribution in [2.75, 3.05) is 34.5 Å². The van der Waals surface area contributed by atoms with Gasteiger partial charge in [-0.05, 0) is 0 Å². The standard InChI is InChI=1S/C21H32O14/c1-29-9-4-8(5-10(30-2)18(9)31-3)32-21-19(16(27)14(25)12(7-23)34-21)35-20-17(28)15(26)13(24)11(6-22)33-20/h4-5,11-17,19-28H,6-7H2,1-3H3/t11-,12-,13+,14-,15+,16+,17-,19-,20+,21-/m1/s1. The maximum Gasteiger partial charge on any atom is 0.229 e. The topological polar surface area (TPSA) is 206 Å². The largest absolute Gasteiger partial charge is 0.493 e. The number of ether oxygens (including phenoxy) is 7. The van der Waals surface area contributed by atoms with Gasteiger partial charge in [0, 0.05) is 12.1 Å². The molecule has 2 aliphatic rings. The lowest BCUT2D eigenvalue weighted by molar-refractivity contribution is -0.357. The summed E-state index contributed by atoms with van der Waals surface area (Å²) in [6.45, 7) is -1.37. The molecule has 1 aromatic carbocycles. The Balaban J connectivity index is 1.90. The molecule has 2 fully saturated rings. The van der Waals surface area contributed by atoms with Gasteiger partial charge in [-0.25, -0.2) is 0 Å². The predicted octanol–water partition coefficient (Wildman–Crippen LogP) is -3.28. The van der Waals surface area contributed by atoms with Gasteiger partial charge in [0.15, 0.2) is 23.9 Å². The Kier molecular flexibility index (Phi) is 9.34. The molecule has 0 spiro atoms. The third kappa shape index (κ3) is 5.56. The molecule has 3 rings (SSSR count). The minimum atomic E-state index is -1.78. The van der Waals surface area contributed by atoms with E-state index in [-0.39, 0.29) is 23.0 Å². The molecule has 0 radical (unpaired) electrons. The lowest BCUT2D eigenvalue weighted by Gasteiger charge is -2.45. The summed E-state index contributed by atoms with van der Waals surface area (Å²) in [4.78, 5) is 0. The minimum absolute atomic E-state index is 0.104. The first-order valence-electron chi connectivity index (χ1n) is 10.8. The van der Waals surface area contributed by atoms with Gasteiger partial charge in [0.05, 0.1) is 34.5 Å². The lowest BCUT2D eigenvalue weighted by atomic mass is 9.97. The molecule has 0 saturated carbocycles. The molecule has 0 bridgehead atoms. The molecule has 0 amide bonds. The van der Waals surface area contributed by atoms with Crippen LogP contribution in [-0.4, -0.2) is 132 Å². The van der Waals surface area contributed by atoms with Crippen LogP contribution < -0.4 is 18.9 Å². The highest BCUT2D eigenvalue weighted by Crippen LogP contribution is 2.42. The molecule has 2 heterocycles. The van der Waals surface area contributed by atoms with Crippen LogP contribution in [0.3, 0.4) is 0 Å². The van der Waals surface area contributed by atoms with E-state index >= 15 is 0 Å². The summed E-state index contributed by atoms with van der Waals surface area (Å²) in [5.74, 6) is 0.864. The number of benzene rings is 1. The number of hydrogen-bond acceptors (Lipinski definition) is 14. The molecular formula is C21H32O14. The number of aliphatic hydroxyl groups is 7. The van der Waals surface area contributed by atoms with Crippen LogP contribution in [-0.2, 0) is 14.2 Å². The molecule has 2 saturated heterocycles. The molecular weight excluding hydrogens is 476 g/mol. The molecule has 0 aliphatic carbocycles. The van der Waals surface area contributed by atoms with Crippen molar-refractivity contribution in [2.24, 2.45) is 0 Å². The fourth-order valence-corrected chi connectivity index (χ4v) is 3.89. The normalized spacial score (nSPS) is 37.5. The second kappa shape index (κ2) is 11.8. The first-order chi connectivity index (χ1) is 16.7. The average Bonchev–Trinajstić information content (AvgIpc) is 2.87. The van der Waals surface area contributed by atoms with Crippen molar-refractivity contribution in [3.05, 3.63) is 12.1 Å². The van der Waals surface area contributed by atoms with Crippen molar-refractivity contribution in [1.82, 2.24) is 0 Å². The van der Waals surface area contributed by atoms with Gasteiger partial charge in [0.2, 0.25) is 12.0 Å². The van der Waals surface area contributed by atoms with Crippen LogP contribution in [0.1, 0.15) is 0 Å². The van der Waals surface area contributed by atoms with Crippen LogP contribution in [0.15, 0.2) is 12.1 Å². The highest BCUT2D eigenvalue weighted by atomic mass is 16.8. The van der Waals surface area contributed by atoms with Crippen molar-refractivity contribution in [1.29, 1.82) is 0 Å². The van der Waals surface area contributed by atoms with E-state index < -0.39 is 74.6 Å². The van der Waals surface area contributed by atoms with Gasteiger partial charge in [0.1, 0.15) is 48.5 Å². The van der Waals surface area contributed by atoms with Crippen LogP contribution in [0.5, 0.6) is 23.0 Å². The Labute approximate surface area is 200 Å². The summed E-state index contributed by atoms with van der Waals surface area (Å²) in [5.41, 5.74) is 0. The molecule has 2 aliphatic heterocycles. The zero-order valence-electron chi connectivity index (χ0n) is 19.3. The Morgan fingerprint density at radius 2 is 1.20 bits per heavy atom. The Morgan fingerprint density at radius 1 is 0.686 bits per heavy atom. The average molecular weight is 508 g/mol. The van der Waals surface area contributed by atoms with E-state index in [0.29, 0.717) is 0 Å². The van der Waals surface area contributed by atoms with Crippen molar-refractivity contribution < 1.29 is 68.9 Å². The number of methoxy groups -OCH3 is 3. The van der Waals surface area contributed by atoms with Gasteiger partial charge < -0.3 is 68.9 Å². The second-order valence-electron chi connectivity index (χ2n) is 7.98. The highest BCUT2D eigenvalue weighted by molar-refractivity contribution is 5.55. The van der Waals surface area contributed by atoms with E-state index in [9.17, 15) is 35.7 Å². The molecule has 10 atom stereocenters. The Hall–Kier alpha value is -1.98. The van der Waals surface area contributed by atoms with Crippen molar-refractivity contribution >= 4 is 0 Å². The third-order valence-electron chi connectivity index (χ3n) is 5.85. The Morgan fingerprint density at radius 3 is 1.69 bits per heavy atom. The summed E-state index contributed by atoms with van der Waals surface area (Å²) in [6.07, 6.45) is -15.7. The highest BCUT2D eigenvalue weighted by Gasteiger charge is 2.51. The van der Waals surface area contributed by atoms with Crippen LogP contribution in [0, 0.1) is 0 Å². The number of aliphatic hydroxyl groups excluding tert-OH is 7. The van der Waals surface area contributed by atoms with Crippen LogP contribution in [0.25, 0.3) is 0 Å². The molecule has 14 nitrogen and oxygen atoms in total. The van der Waals surface area contributed by atoms with Gasteiger partial charge in [0.25, 0.3) is 0 Å². The van der Waals surface area contributed by atoms with E-state index in [2.05, 4.69) is 0 Å². The quantitative estimate of drug-likeness (QED) is 0.175. The first kappa shape index (κ1) is 27.6. The molecule has 14 heteroatoms. The monoisotopic (exact) mass is 508 g/mol. The van der Waals surface area contributed by atoms with Gasteiger partial charge in [-0.1, -0.05) is 0 Å².